The minimum Gasteiger partial charge on any atom is -0.355 e. The highest BCUT2D eigenvalue weighted by atomic mass is 79.9. The summed E-state index contributed by atoms with van der Waals surface area (Å²) in [6.45, 7) is 0. The molecule has 3 N–H and O–H groups in total. The van der Waals surface area contributed by atoms with Gasteiger partial charge in [-0.15, -0.1) is 0 Å². The number of rotatable bonds is 3. The van der Waals surface area contributed by atoms with Crippen LogP contribution >= 0.6 is 31.9 Å². The molecule has 0 saturated carbocycles. The third kappa shape index (κ3) is 4.77. The monoisotopic (exact) mass is 443 g/mol. The number of amides is 3. The van der Waals surface area contributed by atoms with E-state index in [9.17, 15) is 14.0 Å². The van der Waals surface area contributed by atoms with Crippen molar-refractivity contribution >= 4 is 55.2 Å². The van der Waals surface area contributed by atoms with Gasteiger partial charge >= 0.3 is 6.03 Å². The van der Waals surface area contributed by atoms with E-state index in [2.05, 4.69) is 47.8 Å². The molecule has 0 aromatic heterocycles. The first-order valence-corrected chi connectivity index (χ1v) is 8.03. The first kappa shape index (κ1) is 17.4. The van der Waals surface area contributed by atoms with E-state index in [1.165, 1.54) is 13.1 Å². The average Bonchev–Trinajstić information content (AvgIpc) is 2.45. The molecular formula is C15H12Br2FN3O2. The molecule has 0 aliphatic rings. The van der Waals surface area contributed by atoms with Crippen molar-refractivity contribution in [1.82, 2.24) is 5.32 Å². The van der Waals surface area contributed by atoms with E-state index in [0.29, 0.717) is 5.69 Å². The quantitative estimate of drug-likeness (QED) is 0.658. The minimum absolute atomic E-state index is 0.0795. The number of anilines is 2. The maximum atomic E-state index is 13.4. The van der Waals surface area contributed by atoms with Gasteiger partial charge < -0.3 is 16.0 Å². The van der Waals surface area contributed by atoms with Crippen LogP contribution < -0.4 is 16.0 Å². The van der Waals surface area contributed by atoms with Crippen molar-refractivity contribution in [3.05, 3.63) is 56.7 Å². The summed E-state index contributed by atoms with van der Waals surface area (Å²) in [7, 11) is 1.45. The van der Waals surface area contributed by atoms with Gasteiger partial charge in [-0.2, -0.15) is 0 Å². The van der Waals surface area contributed by atoms with Crippen LogP contribution in [0, 0.1) is 5.82 Å². The van der Waals surface area contributed by atoms with E-state index >= 15 is 0 Å². The first-order valence-electron chi connectivity index (χ1n) is 6.45. The maximum absolute atomic E-state index is 13.4. The molecule has 2 rings (SSSR count). The summed E-state index contributed by atoms with van der Waals surface area (Å²) in [5.74, 6) is -0.983. The van der Waals surface area contributed by atoms with Gasteiger partial charge in [0.25, 0.3) is 5.91 Å². The van der Waals surface area contributed by atoms with E-state index in [1.54, 1.807) is 12.1 Å². The van der Waals surface area contributed by atoms with Gasteiger partial charge in [0, 0.05) is 21.7 Å². The minimum atomic E-state index is -0.592. The molecule has 3 amide bonds. The van der Waals surface area contributed by atoms with E-state index in [0.717, 1.165) is 21.1 Å². The van der Waals surface area contributed by atoms with Crippen LogP contribution in [0.2, 0.25) is 0 Å². The lowest BCUT2D eigenvalue weighted by Gasteiger charge is -2.12. The summed E-state index contributed by atoms with van der Waals surface area (Å²) in [4.78, 5) is 23.8. The lowest BCUT2D eigenvalue weighted by atomic mass is 10.1. The molecule has 0 radical (unpaired) electrons. The SMILES string of the molecule is CNC(=O)c1ccc(F)cc1NC(=O)Nc1cc(Br)cc(Br)c1. The summed E-state index contributed by atoms with van der Waals surface area (Å²) >= 11 is 6.63. The Kier molecular flexibility index (Phi) is 5.73. The molecule has 0 aliphatic heterocycles. The average molecular weight is 445 g/mol. The molecule has 120 valence electrons. The van der Waals surface area contributed by atoms with Crippen molar-refractivity contribution in [2.75, 3.05) is 17.7 Å². The molecule has 2 aromatic carbocycles. The third-order valence-corrected chi connectivity index (χ3v) is 3.74. The standard InChI is InChI=1S/C15H12Br2FN3O2/c1-19-14(22)12-3-2-10(18)7-13(12)21-15(23)20-11-5-8(16)4-9(17)6-11/h2-7H,1H3,(H,19,22)(H2,20,21,23). The smallest absolute Gasteiger partial charge is 0.323 e. The number of benzene rings is 2. The Bertz CT molecular complexity index is 748. The molecule has 23 heavy (non-hydrogen) atoms. The molecular weight excluding hydrogens is 433 g/mol. The predicted octanol–water partition coefficient (Wildman–Crippen LogP) is 4.35. The van der Waals surface area contributed by atoms with Crippen LogP contribution in [0.5, 0.6) is 0 Å². The summed E-state index contributed by atoms with van der Waals surface area (Å²) in [6, 6.07) is 8.18. The normalized spacial score (nSPS) is 10.1. The Morgan fingerprint density at radius 1 is 1.00 bits per heavy atom. The topological polar surface area (TPSA) is 70.2 Å². The Hall–Kier alpha value is -1.93. The summed E-state index contributed by atoms with van der Waals surface area (Å²) in [5, 5.41) is 7.52. The van der Waals surface area contributed by atoms with Gasteiger partial charge in [-0.25, -0.2) is 9.18 Å². The maximum Gasteiger partial charge on any atom is 0.323 e. The highest BCUT2D eigenvalue weighted by Crippen LogP contribution is 2.24. The molecule has 0 atom stereocenters. The summed E-state index contributed by atoms with van der Waals surface area (Å²) in [5.41, 5.74) is 0.775. The van der Waals surface area contributed by atoms with Crippen LogP contribution in [0.15, 0.2) is 45.3 Å². The highest BCUT2D eigenvalue weighted by Gasteiger charge is 2.13. The van der Waals surface area contributed by atoms with Crippen molar-refractivity contribution in [1.29, 1.82) is 0 Å². The number of hydrogen-bond acceptors (Lipinski definition) is 2. The lowest BCUT2D eigenvalue weighted by Crippen LogP contribution is -2.24. The van der Waals surface area contributed by atoms with Crippen LogP contribution in [0.1, 0.15) is 10.4 Å². The number of carbonyl (C=O) groups excluding carboxylic acids is 2. The zero-order valence-electron chi connectivity index (χ0n) is 11.9. The molecule has 0 unspecified atom stereocenters. The Labute approximate surface area is 148 Å². The molecule has 0 spiro atoms. The largest absolute Gasteiger partial charge is 0.355 e. The molecule has 0 aliphatic carbocycles. The van der Waals surface area contributed by atoms with E-state index in [4.69, 9.17) is 0 Å². The molecule has 0 saturated heterocycles. The van der Waals surface area contributed by atoms with E-state index in [1.807, 2.05) is 6.07 Å². The van der Waals surface area contributed by atoms with Crippen molar-refractivity contribution in [2.24, 2.45) is 0 Å². The second-order valence-corrected chi connectivity index (χ2v) is 6.34. The van der Waals surface area contributed by atoms with Crippen LogP contribution in [0.4, 0.5) is 20.6 Å². The fourth-order valence-electron chi connectivity index (χ4n) is 1.86. The van der Waals surface area contributed by atoms with Gasteiger partial charge in [-0.05, 0) is 36.4 Å². The van der Waals surface area contributed by atoms with Gasteiger partial charge in [0.05, 0.1) is 11.3 Å². The van der Waals surface area contributed by atoms with E-state index in [-0.39, 0.29) is 11.3 Å². The number of nitrogens with one attached hydrogen (secondary N) is 3. The molecule has 5 nitrogen and oxygen atoms in total. The van der Waals surface area contributed by atoms with Crippen molar-refractivity contribution in [2.45, 2.75) is 0 Å². The van der Waals surface area contributed by atoms with Crippen molar-refractivity contribution in [3.8, 4) is 0 Å². The van der Waals surface area contributed by atoms with Crippen molar-refractivity contribution < 1.29 is 14.0 Å². The first-order chi connectivity index (χ1) is 10.9. The molecule has 8 heteroatoms. The van der Waals surface area contributed by atoms with Crippen LogP contribution in [0.3, 0.4) is 0 Å². The number of urea groups is 1. The van der Waals surface area contributed by atoms with Gasteiger partial charge in [-0.3, -0.25) is 4.79 Å². The van der Waals surface area contributed by atoms with Crippen molar-refractivity contribution in [3.63, 3.8) is 0 Å². The highest BCUT2D eigenvalue weighted by molar-refractivity contribution is 9.11. The molecule has 0 heterocycles. The summed E-state index contributed by atoms with van der Waals surface area (Å²) < 4.78 is 14.9. The zero-order chi connectivity index (χ0) is 17.0. The number of halogens is 3. The van der Waals surface area contributed by atoms with Gasteiger partial charge in [-0.1, -0.05) is 31.9 Å². The number of hydrogen-bond donors (Lipinski definition) is 3. The zero-order valence-corrected chi connectivity index (χ0v) is 15.1. The molecule has 0 fully saturated rings. The van der Waals surface area contributed by atoms with Gasteiger partial charge in [0.2, 0.25) is 0 Å². The fourth-order valence-corrected chi connectivity index (χ4v) is 3.16. The van der Waals surface area contributed by atoms with Crippen LogP contribution in [-0.2, 0) is 0 Å². The Morgan fingerprint density at radius 3 is 2.26 bits per heavy atom. The third-order valence-electron chi connectivity index (χ3n) is 2.82. The number of carbonyl (C=O) groups is 2. The van der Waals surface area contributed by atoms with E-state index < -0.39 is 17.8 Å². The Balaban J connectivity index is 2.19. The summed E-state index contributed by atoms with van der Waals surface area (Å²) in [6.07, 6.45) is 0. The molecule has 2 aromatic rings. The van der Waals surface area contributed by atoms with Crippen LogP contribution in [0.25, 0.3) is 0 Å². The Morgan fingerprint density at radius 2 is 1.65 bits per heavy atom. The van der Waals surface area contributed by atoms with Crippen LogP contribution in [-0.4, -0.2) is 19.0 Å². The molecule has 0 bridgehead atoms. The predicted molar refractivity (Wildman–Crippen MR) is 94.3 cm³/mol. The second-order valence-electron chi connectivity index (χ2n) is 4.51. The second kappa shape index (κ2) is 7.56. The van der Waals surface area contributed by atoms with Gasteiger partial charge in [0.1, 0.15) is 5.82 Å². The van der Waals surface area contributed by atoms with Gasteiger partial charge in [0.15, 0.2) is 0 Å². The lowest BCUT2D eigenvalue weighted by molar-refractivity contribution is 0.0964. The fraction of sp³-hybridized carbons (Fsp3) is 0.0667.